The van der Waals surface area contributed by atoms with Crippen molar-refractivity contribution in [3.8, 4) is 5.75 Å². The zero-order valence-corrected chi connectivity index (χ0v) is 20.3. The van der Waals surface area contributed by atoms with Crippen molar-refractivity contribution >= 4 is 55.5 Å². The zero-order chi connectivity index (χ0) is 23.8. The average Bonchev–Trinajstić information content (AvgIpc) is 3.56. The lowest BCUT2D eigenvalue weighted by molar-refractivity contribution is -0.132. The van der Waals surface area contributed by atoms with Gasteiger partial charge in [0, 0.05) is 10.4 Å². The van der Waals surface area contributed by atoms with Crippen LogP contribution in [-0.2, 0) is 9.59 Å². The molecule has 2 aromatic carbocycles. The highest BCUT2D eigenvalue weighted by atomic mass is 32.1. The molecule has 0 radical (unpaired) electrons. The van der Waals surface area contributed by atoms with Crippen molar-refractivity contribution in [1.82, 2.24) is 4.98 Å². The first-order valence-electron chi connectivity index (χ1n) is 10.9. The van der Waals surface area contributed by atoms with Gasteiger partial charge in [0.15, 0.2) is 5.13 Å². The standard InChI is InChI=1S/C26H22N2O4S2/c1-3-12-32-17-9-7-16(8-10-17)23(29)21-22(19-5-4-13-33-19)28(25(31)24(21)30)26-27-18-11-6-15(2)14-20(18)34-26/h4-11,13-14,22,29H,3,12H2,1-2H3. The third-order valence-electron chi connectivity index (χ3n) is 5.60. The molecule has 1 fully saturated rings. The quantitative estimate of drug-likeness (QED) is 0.201. The minimum absolute atomic E-state index is 0.0603. The number of thiophene rings is 1. The van der Waals surface area contributed by atoms with Crippen LogP contribution in [0.25, 0.3) is 16.0 Å². The van der Waals surface area contributed by atoms with E-state index in [0.29, 0.717) is 23.1 Å². The molecule has 1 atom stereocenters. The van der Waals surface area contributed by atoms with Gasteiger partial charge in [0.1, 0.15) is 17.6 Å². The third-order valence-corrected chi connectivity index (χ3v) is 7.54. The number of aryl methyl sites for hydroxylation is 1. The number of anilines is 1. The van der Waals surface area contributed by atoms with Gasteiger partial charge in [0.05, 0.1) is 22.4 Å². The van der Waals surface area contributed by atoms with Crippen LogP contribution in [0.3, 0.4) is 0 Å². The molecular formula is C26H22N2O4S2. The SMILES string of the molecule is CCCOc1ccc(C(O)=C2C(=O)C(=O)N(c3nc4ccc(C)cc4s3)C2c2cccs2)cc1. The molecule has 5 rings (SSSR count). The van der Waals surface area contributed by atoms with E-state index in [0.717, 1.165) is 27.1 Å². The molecule has 4 aromatic rings. The molecule has 0 aliphatic carbocycles. The van der Waals surface area contributed by atoms with Gasteiger partial charge in [-0.05, 0) is 66.8 Å². The minimum Gasteiger partial charge on any atom is -0.507 e. The number of hydrogen-bond donors (Lipinski definition) is 1. The van der Waals surface area contributed by atoms with Crippen LogP contribution in [0.1, 0.15) is 35.4 Å². The van der Waals surface area contributed by atoms with Gasteiger partial charge in [-0.25, -0.2) is 4.98 Å². The third kappa shape index (κ3) is 3.89. The van der Waals surface area contributed by atoms with E-state index in [1.165, 1.54) is 27.6 Å². The highest BCUT2D eigenvalue weighted by Crippen LogP contribution is 2.45. The summed E-state index contributed by atoms with van der Waals surface area (Å²) in [7, 11) is 0. The van der Waals surface area contributed by atoms with Crippen LogP contribution in [0, 0.1) is 6.92 Å². The number of ether oxygens (including phenoxy) is 1. The Morgan fingerprint density at radius 2 is 1.94 bits per heavy atom. The number of fused-ring (bicyclic) bond motifs is 1. The van der Waals surface area contributed by atoms with Crippen molar-refractivity contribution in [1.29, 1.82) is 0 Å². The molecule has 1 aliphatic rings. The largest absolute Gasteiger partial charge is 0.507 e. The van der Waals surface area contributed by atoms with Gasteiger partial charge in [-0.1, -0.05) is 30.4 Å². The van der Waals surface area contributed by atoms with E-state index < -0.39 is 17.7 Å². The van der Waals surface area contributed by atoms with E-state index >= 15 is 0 Å². The summed E-state index contributed by atoms with van der Waals surface area (Å²) in [4.78, 5) is 33.3. The van der Waals surface area contributed by atoms with Gasteiger partial charge in [-0.2, -0.15) is 0 Å². The fraction of sp³-hybridized carbons (Fsp3) is 0.192. The molecular weight excluding hydrogens is 468 g/mol. The second-order valence-electron chi connectivity index (χ2n) is 8.02. The molecule has 2 aromatic heterocycles. The normalized spacial score (nSPS) is 17.6. The number of aromatic nitrogens is 1. The molecule has 1 saturated heterocycles. The summed E-state index contributed by atoms with van der Waals surface area (Å²) in [6.45, 7) is 4.61. The zero-order valence-electron chi connectivity index (χ0n) is 18.6. The van der Waals surface area contributed by atoms with Crippen molar-refractivity contribution in [2.75, 3.05) is 11.5 Å². The second-order valence-corrected chi connectivity index (χ2v) is 10.0. The first kappa shape index (κ1) is 22.3. The Balaban J connectivity index is 1.62. The predicted molar refractivity (Wildman–Crippen MR) is 136 cm³/mol. The lowest BCUT2D eigenvalue weighted by atomic mass is 10.00. The van der Waals surface area contributed by atoms with Crippen molar-refractivity contribution < 1.29 is 19.4 Å². The Morgan fingerprint density at radius 1 is 1.15 bits per heavy atom. The molecule has 0 saturated carbocycles. The predicted octanol–water partition coefficient (Wildman–Crippen LogP) is 6.08. The van der Waals surface area contributed by atoms with Crippen LogP contribution in [-0.4, -0.2) is 28.4 Å². The van der Waals surface area contributed by atoms with Crippen molar-refractivity contribution in [2.45, 2.75) is 26.3 Å². The maximum atomic E-state index is 13.3. The Kier molecular flexibility index (Phi) is 5.93. The summed E-state index contributed by atoms with van der Waals surface area (Å²) in [5.74, 6) is -0.951. The van der Waals surface area contributed by atoms with E-state index in [9.17, 15) is 14.7 Å². The fourth-order valence-corrected chi connectivity index (χ4v) is 5.87. The van der Waals surface area contributed by atoms with Crippen LogP contribution >= 0.6 is 22.7 Å². The summed E-state index contributed by atoms with van der Waals surface area (Å²) in [6, 6.07) is 15.7. The molecule has 172 valence electrons. The monoisotopic (exact) mass is 490 g/mol. The molecule has 8 heteroatoms. The summed E-state index contributed by atoms with van der Waals surface area (Å²) in [5, 5.41) is 13.5. The number of aliphatic hydroxyl groups is 1. The molecule has 6 nitrogen and oxygen atoms in total. The first-order chi connectivity index (χ1) is 16.5. The second kappa shape index (κ2) is 9.04. The molecule has 34 heavy (non-hydrogen) atoms. The van der Waals surface area contributed by atoms with E-state index in [-0.39, 0.29) is 11.3 Å². The van der Waals surface area contributed by atoms with Gasteiger partial charge in [0.2, 0.25) is 0 Å². The van der Waals surface area contributed by atoms with Crippen LogP contribution < -0.4 is 9.64 Å². The average molecular weight is 491 g/mol. The maximum Gasteiger partial charge on any atom is 0.301 e. The van der Waals surface area contributed by atoms with E-state index in [2.05, 4.69) is 4.98 Å². The van der Waals surface area contributed by atoms with Crippen molar-refractivity contribution in [2.24, 2.45) is 0 Å². The van der Waals surface area contributed by atoms with E-state index in [1.807, 2.05) is 49.6 Å². The van der Waals surface area contributed by atoms with Crippen LogP contribution in [0.2, 0.25) is 0 Å². The summed E-state index contributed by atoms with van der Waals surface area (Å²) >= 11 is 2.79. The molecule has 1 amide bonds. The van der Waals surface area contributed by atoms with E-state index in [1.54, 1.807) is 24.3 Å². The van der Waals surface area contributed by atoms with Crippen molar-refractivity contribution in [3.63, 3.8) is 0 Å². The molecule has 3 heterocycles. The Labute approximate surface area is 204 Å². The number of aliphatic hydroxyl groups excluding tert-OH is 1. The molecule has 1 aliphatic heterocycles. The number of amides is 1. The maximum absolute atomic E-state index is 13.3. The summed E-state index contributed by atoms with van der Waals surface area (Å²) in [5.41, 5.74) is 2.36. The van der Waals surface area contributed by atoms with Gasteiger partial charge < -0.3 is 9.84 Å². The van der Waals surface area contributed by atoms with Gasteiger partial charge in [0.25, 0.3) is 5.78 Å². The number of Topliss-reactive ketones (excluding diaryl/α,β-unsaturated/α-hetero) is 1. The number of rotatable bonds is 6. The molecule has 1 N–H and O–H groups in total. The number of carbonyl (C=O) groups excluding carboxylic acids is 2. The fourth-order valence-electron chi connectivity index (χ4n) is 3.95. The minimum atomic E-state index is -0.752. The first-order valence-corrected chi connectivity index (χ1v) is 12.6. The number of thiazole rings is 1. The number of carbonyl (C=O) groups is 2. The molecule has 0 bridgehead atoms. The molecule has 0 spiro atoms. The summed E-state index contributed by atoms with van der Waals surface area (Å²) < 4.78 is 6.55. The summed E-state index contributed by atoms with van der Waals surface area (Å²) in [6.07, 6.45) is 0.886. The van der Waals surface area contributed by atoms with Crippen LogP contribution in [0.5, 0.6) is 5.75 Å². The number of ketones is 1. The Morgan fingerprint density at radius 3 is 2.65 bits per heavy atom. The van der Waals surface area contributed by atoms with Crippen LogP contribution in [0.15, 0.2) is 65.6 Å². The Bertz CT molecular complexity index is 1400. The van der Waals surface area contributed by atoms with Gasteiger partial charge in [-0.3, -0.25) is 14.5 Å². The van der Waals surface area contributed by atoms with Gasteiger partial charge in [-0.15, -0.1) is 11.3 Å². The van der Waals surface area contributed by atoms with Crippen molar-refractivity contribution in [3.05, 3.63) is 81.6 Å². The highest BCUT2D eigenvalue weighted by Gasteiger charge is 2.48. The van der Waals surface area contributed by atoms with E-state index in [4.69, 9.17) is 4.74 Å². The highest BCUT2D eigenvalue weighted by molar-refractivity contribution is 7.22. The Hall–Kier alpha value is -3.49. The lowest BCUT2D eigenvalue weighted by Gasteiger charge is -2.21. The number of hydrogen-bond acceptors (Lipinski definition) is 7. The smallest absolute Gasteiger partial charge is 0.301 e. The number of benzene rings is 2. The topological polar surface area (TPSA) is 79.7 Å². The molecule has 1 unspecified atom stereocenters. The lowest BCUT2D eigenvalue weighted by Crippen LogP contribution is -2.28. The van der Waals surface area contributed by atoms with Gasteiger partial charge >= 0.3 is 5.91 Å². The number of nitrogens with zero attached hydrogens (tertiary/aromatic N) is 2. The van der Waals surface area contributed by atoms with Crippen LogP contribution in [0.4, 0.5) is 5.13 Å².